The van der Waals surface area contributed by atoms with E-state index in [2.05, 4.69) is 37.0 Å². The summed E-state index contributed by atoms with van der Waals surface area (Å²) in [7, 11) is 3.00. The van der Waals surface area contributed by atoms with Crippen molar-refractivity contribution < 1.29 is 24.2 Å². The third-order valence-electron chi connectivity index (χ3n) is 7.76. The molecule has 0 aliphatic heterocycles. The van der Waals surface area contributed by atoms with E-state index in [1.54, 1.807) is 48.8 Å². The van der Waals surface area contributed by atoms with Crippen LogP contribution in [0.2, 0.25) is 0 Å². The number of terminal acetylenes is 1. The summed E-state index contributed by atoms with van der Waals surface area (Å²) >= 11 is 0. The molecule has 228 valence electrons. The summed E-state index contributed by atoms with van der Waals surface area (Å²) in [6.45, 7) is 8.21. The van der Waals surface area contributed by atoms with Gasteiger partial charge in [0.05, 0.1) is 31.9 Å². The van der Waals surface area contributed by atoms with Gasteiger partial charge in [-0.1, -0.05) is 50.5 Å². The van der Waals surface area contributed by atoms with E-state index >= 15 is 0 Å². The Bertz CT molecular complexity index is 1600. The number of allylic oxidation sites excluding steroid dienone is 1. The number of methoxy groups -OCH3 is 2. The predicted molar refractivity (Wildman–Crippen MR) is 172 cm³/mol. The number of carbonyl (C=O) groups excluding carboxylic acids is 2. The molecule has 4 rings (SSSR count). The number of benzene rings is 2. The number of pyridine rings is 1. The maximum absolute atomic E-state index is 14.6. The summed E-state index contributed by atoms with van der Waals surface area (Å²) in [6.07, 6.45) is 11.4. The van der Waals surface area contributed by atoms with Gasteiger partial charge in [0.25, 0.3) is 5.91 Å². The van der Waals surface area contributed by atoms with Crippen molar-refractivity contribution in [3.05, 3.63) is 107 Å². The van der Waals surface area contributed by atoms with Crippen molar-refractivity contribution in [1.82, 2.24) is 10.3 Å². The highest BCUT2D eigenvalue weighted by atomic mass is 16.5. The number of aliphatic hydroxyl groups is 1. The zero-order valence-electron chi connectivity index (χ0n) is 26.0. The fraction of sp³-hybridized carbons (Fsp3) is 0.306. The molecule has 44 heavy (non-hydrogen) atoms. The molecule has 0 spiro atoms. The molecule has 3 aromatic rings. The van der Waals surface area contributed by atoms with Crippen molar-refractivity contribution in [1.29, 1.82) is 0 Å². The highest BCUT2D eigenvalue weighted by Gasteiger charge is 2.39. The molecule has 3 atom stereocenters. The van der Waals surface area contributed by atoms with E-state index < -0.39 is 30.0 Å². The van der Waals surface area contributed by atoms with Crippen LogP contribution in [0.3, 0.4) is 0 Å². The first-order valence-electron chi connectivity index (χ1n) is 14.4. The molecule has 0 fully saturated rings. The first kappa shape index (κ1) is 32.1. The van der Waals surface area contributed by atoms with Crippen LogP contribution in [0.4, 0.5) is 5.69 Å². The lowest BCUT2D eigenvalue weighted by Gasteiger charge is -2.33. The van der Waals surface area contributed by atoms with Gasteiger partial charge in [-0.05, 0) is 72.4 Å². The molecule has 0 saturated heterocycles. The highest BCUT2D eigenvalue weighted by Crippen LogP contribution is 2.36. The lowest BCUT2D eigenvalue weighted by atomic mass is 9.87. The Kier molecular flexibility index (Phi) is 9.92. The number of anilines is 1. The molecule has 1 aliphatic rings. The lowest BCUT2D eigenvalue weighted by molar-refractivity contribution is -0.123. The van der Waals surface area contributed by atoms with Crippen molar-refractivity contribution in [2.45, 2.75) is 57.7 Å². The van der Waals surface area contributed by atoms with Crippen LogP contribution < -0.4 is 19.7 Å². The number of carbonyl (C=O) groups is 2. The SMILES string of the molecule is C#C/C=C\C1=C(C)C[C@@H](O)[C@H]1NC(=O)C(c1cccnc1)N(C(=O)c1ccc(OC)cc1OC)c1ccc(C(C)(C)C)cc1. The average molecular weight is 594 g/mol. The van der Waals surface area contributed by atoms with Gasteiger partial charge in [-0.3, -0.25) is 19.5 Å². The number of ether oxygens (including phenoxy) is 2. The summed E-state index contributed by atoms with van der Waals surface area (Å²) in [5, 5.41) is 14.0. The van der Waals surface area contributed by atoms with Crippen LogP contribution in [0.5, 0.6) is 11.5 Å². The maximum Gasteiger partial charge on any atom is 0.263 e. The van der Waals surface area contributed by atoms with Crippen LogP contribution in [-0.2, 0) is 10.2 Å². The highest BCUT2D eigenvalue weighted by molar-refractivity contribution is 6.11. The topological polar surface area (TPSA) is 101 Å². The molecule has 0 radical (unpaired) electrons. The van der Waals surface area contributed by atoms with Gasteiger partial charge in [0, 0.05) is 29.7 Å². The van der Waals surface area contributed by atoms with Gasteiger partial charge in [-0.25, -0.2) is 0 Å². The van der Waals surface area contributed by atoms with Gasteiger partial charge in [0.1, 0.15) is 17.5 Å². The minimum Gasteiger partial charge on any atom is -0.497 e. The second-order valence-corrected chi connectivity index (χ2v) is 11.7. The van der Waals surface area contributed by atoms with E-state index in [4.69, 9.17) is 15.9 Å². The molecule has 2 aromatic carbocycles. The molecule has 2 amide bonds. The molecular weight excluding hydrogens is 554 g/mol. The largest absolute Gasteiger partial charge is 0.497 e. The van der Waals surface area contributed by atoms with Crippen molar-refractivity contribution >= 4 is 17.5 Å². The Morgan fingerprint density at radius 1 is 1.14 bits per heavy atom. The summed E-state index contributed by atoms with van der Waals surface area (Å²) in [6, 6.07) is 14.1. The number of aliphatic hydroxyl groups excluding tert-OH is 1. The maximum atomic E-state index is 14.6. The molecule has 1 aromatic heterocycles. The zero-order valence-corrected chi connectivity index (χ0v) is 26.0. The Balaban J connectivity index is 1.88. The summed E-state index contributed by atoms with van der Waals surface area (Å²) in [5.74, 6) is 2.32. The first-order chi connectivity index (χ1) is 21.0. The molecule has 2 N–H and O–H groups in total. The van der Waals surface area contributed by atoms with Crippen molar-refractivity contribution in [3.8, 4) is 23.8 Å². The van der Waals surface area contributed by atoms with Gasteiger partial charge in [0.2, 0.25) is 5.91 Å². The Morgan fingerprint density at radius 3 is 2.45 bits per heavy atom. The second kappa shape index (κ2) is 13.6. The quantitative estimate of drug-likeness (QED) is 0.316. The van der Waals surface area contributed by atoms with E-state index in [0.29, 0.717) is 29.2 Å². The molecule has 0 bridgehead atoms. The van der Waals surface area contributed by atoms with Crippen molar-refractivity contribution in [3.63, 3.8) is 0 Å². The smallest absolute Gasteiger partial charge is 0.263 e. The number of rotatable bonds is 9. The minimum atomic E-state index is -1.16. The van der Waals surface area contributed by atoms with Gasteiger partial charge in [-0.15, -0.1) is 6.42 Å². The van der Waals surface area contributed by atoms with E-state index in [0.717, 1.165) is 16.7 Å². The summed E-state index contributed by atoms with van der Waals surface area (Å²) in [5.41, 5.74) is 3.81. The number of nitrogens with zero attached hydrogens (tertiary/aromatic N) is 2. The monoisotopic (exact) mass is 593 g/mol. The fourth-order valence-corrected chi connectivity index (χ4v) is 5.38. The van der Waals surface area contributed by atoms with Crippen LogP contribution in [-0.4, -0.2) is 48.3 Å². The van der Waals surface area contributed by atoms with Crippen LogP contribution >= 0.6 is 0 Å². The molecule has 1 unspecified atom stereocenters. The van der Waals surface area contributed by atoms with Gasteiger partial charge in [-0.2, -0.15) is 0 Å². The zero-order chi connectivity index (χ0) is 32.0. The number of hydrogen-bond acceptors (Lipinski definition) is 6. The Labute approximate surface area is 259 Å². The summed E-state index contributed by atoms with van der Waals surface area (Å²) < 4.78 is 10.9. The van der Waals surface area contributed by atoms with Gasteiger partial charge in [0.15, 0.2) is 0 Å². The van der Waals surface area contributed by atoms with Crippen LogP contribution in [0.15, 0.2) is 90.3 Å². The molecule has 1 aliphatic carbocycles. The van der Waals surface area contributed by atoms with Crippen LogP contribution in [0.25, 0.3) is 0 Å². The molecule has 8 nitrogen and oxygen atoms in total. The Morgan fingerprint density at radius 2 is 1.86 bits per heavy atom. The number of hydrogen-bond donors (Lipinski definition) is 2. The van der Waals surface area contributed by atoms with Crippen LogP contribution in [0.1, 0.15) is 61.6 Å². The third-order valence-corrected chi connectivity index (χ3v) is 7.76. The molecule has 8 heteroatoms. The first-order valence-corrected chi connectivity index (χ1v) is 14.4. The van der Waals surface area contributed by atoms with E-state index in [1.165, 1.54) is 25.2 Å². The van der Waals surface area contributed by atoms with E-state index in [1.807, 2.05) is 31.2 Å². The lowest BCUT2D eigenvalue weighted by Crippen LogP contribution is -2.49. The normalized spacial score (nSPS) is 17.2. The number of aromatic nitrogens is 1. The molecule has 0 saturated carbocycles. The van der Waals surface area contributed by atoms with E-state index in [-0.39, 0.29) is 11.0 Å². The predicted octanol–water partition coefficient (Wildman–Crippen LogP) is 5.54. The van der Waals surface area contributed by atoms with Crippen molar-refractivity contribution in [2.24, 2.45) is 0 Å². The standard InChI is InChI=1S/C36H39N3O5/c1-8-9-12-28-23(2)20-30(40)32(28)38-34(41)33(24-11-10-19-37-22-24)39(26-15-13-25(14-16-26)36(3,4)5)35(42)29-18-17-27(43-6)21-31(29)44-7/h1,9-19,21-22,30,32-33,40H,20H2,2-7H3,(H,38,41)/b12-9-/t30-,32+,33?/m1/s1. The number of nitrogens with one attached hydrogen (secondary N) is 1. The minimum absolute atomic E-state index is 0.127. The number of amides is 2. The summed E-state index contributed by atoms with van der Waals surface area (Å²) in [4.78, 5) is 34.7. The third kappa shape index (κ3) is 6.85. The molecular formula is C36H39N3O5. The molecule has 1 heterocycles. The van der Waals surface area contributed by atoms with E-state index in [9.17, 15) is 14.7 Å². The fourth-order valence-electron chi connectivity index (χ4n) is 5.38. The van der Waals surface area contributed by atoms with Gasteiger partial charge < -0.3 is 19.9 Å². The van der Waals surface area contributed by atoms with Crippen LogP contribution in [0, 0.1) is 12.3 Å². The average Bonchev–Trinajstić information content (AvgIpc) is 3.28. The van der Waals surface area contributed by atoms with Crippen molar-refractivity contribution in [2.75, 3.05) is 19.1 Å². The second-order valence-electron chi connectivity index (χ2n) is 11.7. The van der Waals surface area contributed by atoms with Gasteiger partial charge >= 0.3 is 0 Å². The Hall–Kier alpha value is -4.87.